The molecule has 9 nitrogen and oxygen atoms in total. The molecule has 19 heavy (non-hydrogen) atoms. The number of imide groups is 1. The summed E-state index contributed by atoms with van der Waals surface area (Å²) in [7, 11) is 0. The van der Waals surface area contributed by atoms with E-state index in [0.717, 1.165) is 0 Å². The number of aliphatic hydroxyl groups is 2. The molecule has 0 aromatic heterocycles. The quantitative estimate of drug-likeness (QED) is 0.197. The molecule has 0 atom stereocenters. The largest absolute Gasteiger partial charge is 0.369 e. The molecule has 1 aliphatic carbocycles. The molecule has 2 rings (SSSR count). The molecule has 1 saturated carbocycles. The number of carbonyl (C=O) groups excluding carboxylic acids is 4. The van der Waals surface area contributed by atoms with Gasteiger partial charge in [-0.05, 0) is 12.8 Å². The van der Waals surface area contributed by atoms with Crippen molar-refractivity contribution in [3.63, 3.8) is 0 Å². The fraction of sp³-hybridized carbons (Fsp3) is 0.600. The highest BCUT2D eigenvalue weighted by Gasteiger charge is 2.82. The fourth-order valence-corrected chi connectivity index (χ4v) is 3.14. The maximum absolute atomic E-state index is 11.8. The molecule has 1 saturated heterocycles. The second-order valence-corrected chi connectivity index (χ2v) is 4.84. The maximum atomic E-state index is 11.8. The van der Waals surface area contributed by atoms with Gasteiger partial charge in [-0.25, -0.2) is 0 Å². The van der Waals surface area contributed by atoms with Crippen LogP contribution in [0.5, 0.6) is 0 Å². The van der Waals surface area contributed by atoms with E-state index >= 15 is 0 Å². The second-order valence-electron chi connectivity index (χ2n) is 4.84. The van der Waals surface area contributed by atoms with Gasteiger partial charge in [0.1, 0.15) is 0 Å². The van der Waals surface area contributed by atoms with Crippen LogP contribution >= 0.6 is 0 Å². The van der Waals surface area contributed by atoms with Crippen molar-refractivity contribution in [2.24, 2.45) is 22.3 Å². The summed E-state index contributed by atoms with van der Waals surface area (Å²) in [6, 6.07) is 0. The van der Waals surface area contributed by atoms with Gasteiger partial charge < -0.3 is 21.7 Å². The minimum atomic E-state index is -2.85. The lowest BCUT2D eigenvalue weighted by Crippen LogP contribution is -2.84. The second kappa shape index (κ2) is 3.52. The van der Waals surface area contributed by atoms with Gasteiger partial charge in [-0.3, -0.25) is 24.5 Å². The molecule has 1 spiro atoms. The third-order valence-electron chi connectivity index (χ3n) is 4.07. The van der Waals surface area contributed by atoms with Crippen LogP contribution in [0.25, 0.3) is 0 Å². The van der Waals surface area contributed by atoms with Crippen molar-refractivity contribution in [1.29, 1.82) is 0 Å². The summed E-state index contributed by atoms with van der Waals surface area (Å²) in [5, 5.41) is 21.7. The smallest absolute Gasteiger partial charge is 0.249 e. The van der Waals surface area contributed by atoms with Gasteiger partial charge in [-0.15, -0.1) is 0 Å². The number of hydrogen-bond donors (Lipinski definition) is 5. The number of amides is 4. The molecule has 104 valence electrons. The molecule has 2 fully saturated rings. The highest BCUT2D eigenvalue weighted by atomic mass is 16.5. The molecule has 2 aliphatic rings. The molecule has 1 heterocycles. The Bertz CT molecular complexity index is 483. The number of nitrogens with one attached hydrogen (secondary N) is 1. The van der Waals surface area contributed by atoms with Crippen LogP contribution in [0.1, 0.15) is 19.3 Å². The minimum absolute atomic E-state index is 0.00118. The summed E-state index contributed by atoms with van der Waals surface area (Å²) < 4.78 is 0. The van der Waals surface area contributed by atoms with Gasteiger partial charge in [0.15, 0.2) is 11.2 Å². The highest BCUT2D eigenvalue weighted by Crippen LogP contribution is 2.58. The predicted octanol–water partition coefficient (Wildman–Crippen LogP) is -3.55. The lowest BCUT2D eigenvalue weighted by Gasteiger charge is -2.56. The van der Waals surface area contributed by atoms with Crippen molar-refractivity contribution in [3.8, 4) is 0 Å². The summed E-state index contributed by atoms with van der Waals surface area (Å²) in [5.41, 5.74) is 5.19. The average Bonchev–Trinajstić information content (AvgIpc) is 2.26. The van der Waals surface area contributed by atoms with Gasteiger partial charge in [0, 0.05) is 6.42 Å². The van der Waals surface area contributed by atoms with E-state index in [9.17, 15) is 29.4 Å². The van der Waals surface area contributed by atoms with Crippen molar-refractivity contribution in [3.05, 3.63) is 0 Å². The van der Waals surface area contributed by atoms with Crippen molar-refractivity contribution in [2.45, 2.75) is 25.0 Å². The topological polar surface area (TPSA) is 173 Å². The molecule has 7 N–H and O–H groups in total. The number of β-lactam (4-membered cyclic amide) rings is 2. The highest BCUT2D eigenvalue weighted by molar-refractivity contribution is 6.29. The van der Waals surface area contributed by atoms with Gasteiger partial charge in [0.05, 0.1) is 0 Å². The van der Waals surface area contributed by atoms with Crippen molar-refractivity contribution in [1.82, 2.24) is 5.32 Å². The zero-order valence-corrected chi connectivity index (χ0v) is 9.80. The first kappa shape index (κ1) is 13.4. The van der Waals surface area contributed by atoms with Crippen LogP contribution in [0.3, 0.4) is 0 Å². The van der Waals surface area contributed by atoms with E-state index in [2.05, 4.69) is 0 Å². The molecule has 0 aromatic carbocycles. The summed E-state index contributed by atoms with van der Waals surface area (Å²) in [5.74, 6) is -7.78. The van der Waals surface area contributed by atoms with E-state index < -0.39 is 40.2 Å². The van der Waals surface area contributed by atoms with Crippen LogP contribution in [0.15, 0.2) is 0 Å². The van der Waals surface area contributed by atoms with Gasteiger partial charge in [-0.2, -0.15) is 0 Å². The van der Waals surface area contributed by atoms with Crippen molar-refractivity contribution in [2.75, 3.05) is 0 Å². The van der Waals surface area contributed by atoms with E-state index in [1.807, 2.05) is 0 Å². The third-order valence-corrected chi connectivity index (χ3v) is 4.07. The molecule has 1 aliphatic heterocycles. The lowest BCUT2D eigenvalue weighted by molar-refractivity contribution is -0.281. The number of primary amides is 2. The molecular weight excluding hydrogens is 258 g/mol. The molecule has 0 bridgehead atoms. The maximum Gasteiger partial charge on any atom is 0.249 e. The fourth-order valence-electron chi connectivity index (χ4n) is 3.14. The lowest BCUT2D eigenvalue weighted by atomic mass is 9.48. The van der Waals surface area contributed by atoms with Gasteiger partial charge in [0.25, 0.3) is 0 Å². The zero-order valence-electron chi connectivity index (χ0n) is 9.80. The summed E-state index contributed by atoms with van der Waals surface area (Å²) >= 11 is 0. The van der Waals surface area contributed by atoms with Crippen LogP contribution < -0.4 is 16.8 Å². The predicted molar refractivity (Wildman–Crippen MR) is 57.4 cm³/mol. The molecule has 4 amide bonds. The molecule has 0 unspecified atom stereocenters. The minimum Gasteiger partial charge on any atom is -0.369 e. The van der Waals surface area contributed by atoms with Crippen LogP contribution in [-0.2, 0) is 19.2 Å². The molecule has 0 radical (unpaired) electrons. The molecule has 0 aromatic rings. The van der Waals surface area contributed by atoms with Crippen LogP contribution in [0.2, 0.25) is 0 Å². The summed E-state index contributed by atoms with van der Waals surface area (Å²) in [6.45, 7) is 0. The first-order valence-electron chi connectivity index (χ1n) is 5.55. The first-order valence-corrected chi connectivity index (χ1v) is 5.55. The Labute approximate surface area is 106 Å². The van der Waals surface area contributed by atoms with E-state index in [0.29, 0.717) is 0 Å². The van der Waals surface area contributed by atoms with Crippen LogP contribution in [0.4, 0.5) is 0 Å². The van der Waals surface area contributed by atoms with E-state index in [4.69, 9.17) is 11.5 Å². The van der Waals surface area contributed by atoms with Gasteiger partial charge in [0.2, 0.25) is 29.0 Å². The van der Waals surface area contributed by atoms with Crippen LogP contribution in [-0.4, -0.2) is 39.6 Å². The summed E-state index contributed by atoms with van der Waals surface area (Å²) in [6.07, 6.45) is -0.643. The Kier molecular flexibility index (Phi) is 2.49. The Morgan fingerprint density at radius 1 is 1.05 bits per heavy atom. The SMILES string of the molecule is NC(=O)C1(C(N)=O)CCCC(O)(O)C12C(=O)NC2=O. The van der Waals surface area contributed by atoms with Crippen molar-refractivity contribution >= 4 is 23.6 Å². The Balaban J connectivity index is 2.78. The van der Waals surface area contributed by atoms with Crippen LogP contribution in [0, 0.1) is 10.8 Å². The Morgan fingerprint density at radius 3 is 1.84 bits per heavy atom. The molecular formula is C10H13N3O6. The normalized spacial score (nSPS) is 26.4. The zero-order chi connectivity index (χ0) is 14.6. The van der Waals surface area contributed by atoms with Gasteiger partial charge in [-0.1, -0.05) is 0 Å². The third kappa shape index (κ3) is 1.16. The number of carbonyl (C=O) groups is 4. The molecule has 9 heteroatoms. The van der Waals surface area contributed by atoms with E-state index in [-0.39, 0.29) is 19.3 Å². The number of hydrogen-bond acceptors (Lipinski definition) is 6. The summed E-state index contributed by atoms with van der Waals surface area (Å²) in [4.78, 5) is 46.9. The van der Waals surface area contributed by atoms with E-state index in [1.54, 1.807) is 5.32 Å². The number of nitrogens with two attached hydrogens (primary N) is 2. The van der Waals surface area contributed by atoms with Gasteiger partial charge >= 0.3 is 0 Å². The average molecular weight is 271 g/mol. The monoisotopic (exact) mass is 271 g/mol. The Morgan fingerprint density at radius 2 is 1.53 bits per heavy atom. The number of rotatable bonds is 2. The first-order chi connectivity index (χ1) is 8.64. The van der Waals surface area contributed by atoms with E-state index in [1.165, 1.54) is 0 Å². The van der Waals surface area contributed by atoms with Crippen molar-refractivity contribution < 1.29 is 29.4 Å². The Hall–Kier alpha value is -2.00. The standard InChI is InChI=1S/C10H13N3O6/c11-4(14)8(5(12)15)2-1-3-9(18,19)10(8)6(16)13-7(10)17/h18-19H,1-3H2,(H2,11,14)(H2,12,15)(H,13,16,17).